The van der Waals surface area contributed by atoms with Gasteiger partial charge in [-0.05, 0) is 26.7 Å². The van der Waals surface area contributed by atoms with Crippen LogP contribution < -0.4 is 0 Å². The second-order valence-corrected chi connectivity index (χ2v) is 6.93. The number of ether oxygens (including phenoxy) is 1. The normalized spacial score (nSPS) is 23.3. The van der Waals surface area contributed by atoms with E-state index in [1.165, 1.54) is 0 Å². The van der Waals surface area contributed by atoms with Gasteiger partial charge in [-0.1, -0.05) is 6.42 Å². The number of hydrogen-bond acceptors (Lipinski definition) is 3. The average molecular weight is 366 g/mol. The minimum absolute atomic E-state index is 0. The van der Waals surface area contributed by atoms with E-state index in [4.69, 9.17) is 4.74 Å². The number of hydrogen-bond donors (Lipinski definition) is 0. The fourth-order valence-corrected chi connectivity index (χ4v) is 3.52. The number of carbonyl (C=O) groups is 2. The van der Waals surface area contributed by atoms with Crippen molar-refractivity contribution >= 4 is 11.8 Å². The topological polar surface area (TPSA) is 43.4 Å². The summed E-state index contributed by atoms with van der Waals surface area (Å²) in [5.41, 5.74) is -0.512. The smallest absolute Gasteiger partial charge is 0.468 e. The summed E-state index contributed by atoms with van der Waals surface area (Å²) in [6, 6.07) is 17.7. The molecule has 4 heteroatoms. The number of Topliss-reactive ketones (excluding diaryl/α,β-unsaturated/α-hetero) is 1. The third-order valence-corrected chi connectivity index (χ3v) is 5.05. The number of rotatable bonds is 1. The summed E-state index contributed by atoms with van der Waals surface area (Å²) < 4.78 is 5.61. The van der Waals surface area contributed by atoms with Crippen LogP contribution in [0.1, 0.15) is 44.8 Å². The van der Waals surface area contributed by atoms with Gasteiger partial charge in [0.25, 0.3) is 0 Å². The van der Waals surface area contributed by atoms with E-state index >= 15 is 0 Å². The second-order valence-electron chi connectivity index (χ2n) is 6.93. The molecule has 24 heavy (non-hydrogen) atoms. The zero-order valence-electron chi connectivity index (χ0n) is 14.0. The van der Waals surface area contributed by atoms with E-state index in [1.54, 1.807) is 13.8 Å². The van der Waals surface area contributed by atoms with Crippen LogP contribution in [0.5, 0.6) is 0 Å². The maximum absolute atomic E-state index is 12.7. The Kier molecular flexibility index (Phi) is 5.52. The molecule has 2 fully saturated rings. The Labute approximate surface area is 153 Å². The molecule has 2 aliphatic rings. The number of carbonyl (C=O) groups excluding carboxylic acids is 2. The van der Waals surface area contributed by atoms with Crippen LogP contribution in [-0.4, -0.2) is 11.8 Å². The summed E-state index contributed by atoms with van der Waals surface area (Å²) in [6.07, 6.45) is 2.32. The Bertz CT molecular complexity index is 647. The second kappa shape index (κ2) is 7.08. The monoisotopic (exact) mass is 366 g/mol. The molecular formula is C20H22FeO3. The van der Waals surface area contributed by atoms with Gasteiger partial charge in [-0.25, -0.2) is 24.3 Å². The van der Waals surface area contributed by atoms with Crippen molar-refractivity contribution in [1.29, 1.82) is 0 Å². The van der Waals surface area contributed by atoms with Gasteiger partial charge in [-0.2, -0.15) is 30.3 Å². The Hall–Kier alpha value is -1.64. The largest absolute Gasteiger partial charge is 2.00 e. The molecule has 1 aliphatic carbocycles. The van der Waals surface area contributed by atoms with Crippen molar-refractivity contribution in [2.75, 3.05) is 0 Å². The first-order valence-electron chi connectivity index (χ1n) is 8.13. The fourth-order valence-electron chi connectivity index (χ4n) is 3.52. The van der Waals surface area contributed by atoms with Crippen molar-refractivity contribution in [3.63, 3.8) is 0 Å². The molecule has 3 nitrogen and oxygen atoms in total. The van der Waals surface area contributed by atoms with Gasteiger partial charge in [0.05, 0.1) is 11.5 Å². The molecule has 4 rings (SSSR count). The van der Waals surface area contributed by atoms with E-state index < -0.39 is 16.8 Å². The van der Waals surface area contributed by atoms with Crippen LogP contribution in [0.2, 0.25) is 0 Å². The molecule has 0 amide bonds. The quantitative estimate of drug-likeness (QED) is 0.329. The molecule has 1 saturated carbocycles. The van der Waals surface area contributed by atoms with Gasteiger partial charge in [0, 0.05) is 0 Å². The van der Waals surface area contributed by atoms with Crippen molar-refractivity contribution in [2.45, 2.75) is 39.2 Å². The van der Waals surface area contributed by atoms with E-state index in [0.29, 0.717) is 0 Å². The average Bonchev–Trinajstić information content (AvgIpc) is 3.18. The molecule has 1 spiro atoms. The molecule has 0 aromatic heterocycles. The van der Waals surface area contributed by atoms with Crippen molar-refractivity contribution < 1.29 is 31.4 Å². The Morgan fingerprint density at radius 2 is 1.67 bits per heavy atom. The summed E-state index contributed by atoms with van der Waals surface area (Å²) in [5.74, 6) is -0.333. The molecule has 0 bridgehead atoms. The molecule has 2 aromatic rings. The summed E-state index contributed by atoms with van der Waals surface area (Å²) in [7, 11) is 0. The van der Waals surface area contributed by atoms with Gasteiger partial charge in [-0.3, -0.25) is 9.59 Å². The zero-order chi connectivity index (χ0) is 16.5. The van der Waals surface area contributed by atoms with Gasteiger partial charge >= 0.3 is 23.0 Å². The standard InChI is InChI=1S/C15H17O3.C5H5.Fe/c1-14(2)12(16)15(8-5-9-15)11(18-13(14)17)10-6-3-4-7-10;1-2-4-5-3-1;/h3-4,6-7,11H,5,8-9H2,1-2H3;1-5H;/q2*-1;+2. The van der Waals surface area contributed by atoms with Crippen molar-refractivity contribution in [1.82, 2.24) is 0 Å². The first-order chi connectivity index (χ1) is 11.0. The molecule has 1 aliphatic heterocycles. The molecule has 1 saturated heterocycles. The Morgan fingerprint density at radius 3 is 2.08 bits per heavy atom. The molecule has 1 atom stereocenters. The van der Waals surface area contributed by atoms with Gasteiger partial charge in [0.2, 0.25) is 0 Å². The maximum Gasteiger partial charge on any atom is 2.00 e. The Morgan fingerprint density at radius 1 is 1.08 bits per heavy atom. The number of esters is 1. The maximum atomic E-state index is 12.7. The molecule has 1 heterocycles. The molecule has 128 valence electrons. The van der Waals surface area contributed by atoms with Crippen LogP contribution in [0, 0.1) is 10.8 Å². The Balaban J connectivity index is 0.000000300. The number of cyclic esters (lactones) is 1. The van der Waals surface area contributed by atoms with Crippen molar-refractivity contribution in [3.05, 3.63) is 60.2 Å². The first kappa shape index (κ1) is 18.7. The summed E-state index contributed by atoms with van der Waals surface area (Å²) >= 11 is 0. The van der Waals surface area contributed by atoms with Crippen molar-refractivity contribution in [3.8, 4) is 0 Å². The van der Waals surface area contributed by atoms with Gasteiger partial charge < -0.3 is 4.74 Å². The van der Waals surface area contributed by atoms with E-state index in [0.717, 1.165) is 24.8 Å². The SMILES string of the molecule is CC1(C)C(=O)OC([c-]2cccc2)C2(CCC2)C1=O.[Fe+2].c1cc[cH-]c1. The minimum atomic E-state index is -0.997. The van der Waals surface area contributed by atoms with Gasteiger partial charge in [-0.15, -0.1) is 5.56 Å². The van der Waals surface area contributed by atoms with Crippen LogP contribution in [0.15, 0.2) is 54.6 Å². The molecular weight excluding hydrogens is 344 g/mol. The third kappa shape index (κ3) is 3.01. The van der Waals surface area contributed by atoms with Crippen LogP contribution in [-0.2, 0) is 31.4 Å². The van der Waals surface area contributed by atoms with Crippen LogP contribution in [0.4, 0.5) is 0 Å². The van der Waals surface area contributed by atoms with E-state index in [1.807, 2.05) is 54.6 Å². The fraction of sp³-hybridized carbons (Fsp3) is 0.400. The van der Waals surface area contributed by atoms with Gasteiger partial charge in [0.1, 0.15) is 5.41 Å². The first-order valence-corrected chi connectivity index (χ1v) is 8.13. The minimum Gasteiger partial charge on any atom is -0.468 e. The van der Waals surface area contributed by atoms with E-state index in [2.05, 4.69) is 0 Å². The predicted octanol–water partition coefficient (Wildman–Crippen LogP) is 4.17. The van der Waals surface area contributed by atoms with Gasteiger partial charge in [0.15, 0.2) is 5.78 Å². The van der Waals surface area contributed by atoms with Crippen LogP contribution >= 0.6 is 0 Å². The summed E-state index contributed by atoms with van der Waals surface area (Å²) in [5, 5.41) is 0. The number of ketones is 1. The van der Waals surface area contributed by atoms with Crippen LogP contribution in [0.3, 0.4) is 0 Å². The zero-order valence-corrected chi connectivity index (χ0v) is 15.1. The van der Waals surface area contributed by atoms with Crippen molar-refractivity contribution in [2.24, 2.45) is 10.8 Å². The summed E-state index contributed by atoms with van der Waals surface area (Å²) in [6.45, 7) is 3.36. The predicted molar refractivity (Wildman–Crippen MR) is 88.0 cm³/mol. The van der Waals surface area contributed by atoms with E-state index in [9.17, 15) is 9.59 Å². The molecule has 0 radical (unpaired) electrons. The van der Waals surface area contributed by atoms with Crippen LogP contribution in [0.25, 0.3) is 0 Å². The molecule has 1 unspecified atom stereocenters. The third-order valence-electron chi connectivity index (χ3n) is 5.05. The summed E-state index contributed by atoms with van der Waals surface area (Å²) in [4.78, 5) is 24.7. The molecule has 0 N–H and O–H groups in total. The molecule has 2 aromatic carbocycles. The van der Waals surface area contributed by atoms with E-state index in [-0.39, 0.29) is 29.0 Å².